The molecule has 0 aliphatic carbocycles. The van der Waals surface area contributed by atoms with E-state index in [0.29, 0.717) is 22.7 Å². The summed E-state index contributed by atoms with van der Waals surface area (Å²) in [4.78, 5) is 0.157. The predicted octanol–water partition coefficient (Wildman–Crippen LogP) is 3.15. The summed E-state index contributed by atoms with van der Waals surface area (Å²) >= 11 is 3.32. The molecule has 0 bridgehead atoms. The zero-order valence-electron chi connectivity index (χ0n) is 11.6. The first-order valence-electron chi connectivity index (χ1n) is 6.06. The van der Waals surface area contributed by atoms with Crippen molar-refractivity contribution in [3.05, 3.63) is 46.4 Å². The normalized spacial score (nSPS) is 11.2. The van der Waals surface area contributed by atoms with Crippen LogP contribution in [0.5, 0.6) is 5.75 Å². The molecule has 0 radical (unpaired) electrons. The minimum atomic E-state index is -3.71. The van der Waals surface area contributed by atoms with Gasteiger partial charge in [-0.05, 0) is 52.7 Å². The molecule has 0 unspecified atom stereocenters. The second-order valence-corrected chi connectivity index (χ2v) is 6.98. The van der Waals surface area contributed by atoms with Crippen LogP contribution in [0.15, 0.2) is 45.8 Å². The molecule has 5 nitrogen and oxygen atoms in total. The van der Waals surface area contributed by atoms with E-state index in [1.807, 2.05) is 0 Å². The molecular weight excluding hydrogens is 356 g/mol. The Morgan fingerprint density at radius 1 is 1.19 bits per heavy atom. The first-order chi connectivity index (χ1) is 9.83. The average molecular weight is 371 g/mol. The Kier molecular flexibility index (Phi) is 4.43. The molecule has 2 aromatic rings. The quantitative estimate of drug-likeness (QED) is 0.809. The average Bonchev–Trinajstić information content (AvgIpc) is 2.43. The molecule has 2 rings (SSSR count). The lowest BCUT2D eigenvalue weighted by Crippen LogP contribution is -2.14. The number of halogens is 1. The number of sulfonamides is 1. The number of hydrogen-bond donors (Lipinski definition) is 2. The van der Waals surface area contributed by atoms with Crippen molar-refractivity contribution in [3.8, 4) is 5.75 Å². The number of hydrogen-bond acceptors (Lipinski definition) is 4. The molecular formula is C14H15BrN2O3S. The van der Waals surface area contributed by atoms with Gasteiger partial charge in [-0.25, -0.2) is 8.42 Å². The van der Waals surface area contributed by atoms with Gasteiger partial charge in [0.25, 0.3) is 10.0 Å². The van der Waals surface area contributed by atoms with Crippen molar-refractivity contribution in [2.24, 2.45) is 0 Å². The molecule has 0 aliphatic rings. The van der Waals surface area contributed by atoms with Gasteiger partial charge in [0, 0.05) is 11.8 Å². The Hall–Kier alpha value is -1.73. The van der Waals surface area contributed by atoms with Crippen LogP contribution in [0.1, 0.15) is 5.56 Å². The van der Waals surface area contributed by atoms with E-state index in [-0.39, 0.29) is 4.90 Å². The maximum absolute atomic E-state index is 12.4. The fourth-order valence-electron chi connectivity index (χ4n) is 1.84. The monoisotopic (exact) mass is 370 g/mol. The number of methoxy groups -OCH3 is 1. The van der Waals surface area contributed by atoms with Crippen LogP contribution in [0.25, 0.3) is 0 Å². The molecule has 0 aromatic heterocycles. The van der Waals surface area contributed by atoms with E-state index in [4.69, 9.17) is 10.5 Å². The molecule has 0 spiro atoms. The second kappa shape index (κ2) is 5.95. The van der Waals surface area contributed by atoms with E-state index in [2.05, 4.69) is 20.7 Å². The predicted molar refractivity (Wildman–Crippen MR) is 87.1 cm³/mol. The van der Waals surface area contributed by atoms with Crippen molar-refractivity contribution in [3.63, 3.8) is 0 Å². The number of anilines is 2. The first-order valence-corrected chi connectivity index (χ1v) is 8.33. The van der Waals surface area contributed by atoms with Crippen LogP contribution in [-0.4, -0.2) is 15.5 Å². The summed E-state index contributed by atoms with van der Waals surface area (Å²) in [6, 6.07) is 9.73. The van der Waals surface area contributed by atoms with Gasteiger partial charge in [0.15, 0.2) is 0 Å². The topological polar surface area (TPSA) is 81.4 Å². The molecule has 21 heavy (non-hydrogen) atoms. The maximum atomic E-state index is 12.4. The van der Waals surface area contributed by atoms with Crippen LogP contribution in [0.2, 0.25) is 0 Å². The summed E-state index contributed by atoms with van der Waals surface area (Å²) in [5.74, 6) is 0.541. The van der Waals surface area contributed by atoms with Gasteiger partial charge in [-0.15, -0.1) is 0 Å². The number of aryl methyl sites for hydroxylation is 1. The Balaban J connectivity index is 2.40. The van der Waals surface area contributed by atoms with Crippen molar-refractivity contribution in [1.82, 2.24) is 0 Å². The zero-order valence-corrected chi connectivity index (χ0v) is 14.0. The van der Waals surface area contributed by atoms with Crippen LogP contribution >= 0.6 is 15.9 Å². The lowest BCUT2D eigenvalue weighted by Gasteiger charge is -2.12. The molecule has 3 N–H and O–H groups in total. The second-order valence-electron chi connectivity index (χ2n) is 4.48. The van der Waals surface area contributed by atoms with Crippen molar-refractivity contribution in [1.29, 1.82) is 0 Å². The summed E-state index contributed by atoms with van der Waals surface area (Å²) in [7, 11) is -2.19. The minimum Gasteiger partial charge on any atom is -0.495 e. The highest BCUT2D eigenvalue weighted by atomic mass is 79.9. The molecule has 2 aromatic carbocycles. The molecule has 0 atom stereocenters. The van der Waals surface area contributed by atoms with Crippen molar-refractivity contribution < 1.29 is 13.2 Å². The van der Waals surface area contributed by atoms with Crippen LogP contribution in [0.4, 0.5) is 11.4 Å². The van der Waals surface area contributed by atoms with Crippen molar-refractivity contribution in [2.45, 2.75) is 11.8 Å². The highest BCUT2D eigenvalue weighted by molar-refractivity contribution is 9.10. The highest BCUT2D eigenvalue weighted by Gasteiger charge is 2.18. The van der Waals surface area contributed by atoms with Gasteiger partial charge in [-0.1, -0.05) is 6.07 Å². The molecule has 0 amide bonds. The molecule has 7 heteroatoms. The summed E-state index contributed by atoms with van der Waals surface area (Å²) < 4.78 is 33.3. The molecule has 0 heterocycles. The number of nitrogens with two attached hydrogens (primary N) is 1. The molecule has 0 fully saturated rings. The van der Waals surface area contributed by atoms with Crippen LogP contribution in [0.3, 0.4) is 0 Å². The Bertz CT molecular complexity index is 776. The van der Waals surface area contributed by atoms with Gasteiger partial charge in [0.1, 0.15) is 5.75 Å². The number of rotatable bonds is 4. The fraction of sp³-hybridized carbons (Fsp3) is 0.143. The lowest BCUT2D eigenvalue weighted by atomic mass is 10.2. The van der Waals surface area contributed by atoms with Gasteiger partial charge in [0.05, 0.1) is 22.2 Å². The Morgan fingerprint density at radius 3 is 2.57 bits per heavy atom. The number of ether oxygens (including phenoxy) is 1. The van der Waals surface area contributed by atoms with Gasteiger partial charge in [-0.2, -0.15) is 0 Å². The van der Waals surface area contributed by atoms with E-state index < -0.39 is 10.0 Å². The SMILES string of the molecule is COc1cc(NS(=O)(=O)c2cc(N)ccc2C)ccc1Br. The third-order valence-electron chi connectivity index (χ3n) is 2.91. The Morgan fingerprint density at radius 2 is 1.90 bits per heavy atom. The van der Waals surface area contributed by atoms with E-state index in [0.717, 1.165) is 4.47 Å². The fourth-order valence-corrected chi connectivity index (χ4v) is 3.58. The van der Waals surface area contributed by atoms with Crippen LogP contribution in [0, 0.1) is 6.92 Å². The van der Waals surface area contributed by atoms with Crippen molar-refractivity contribution in [2.75, 3.05) is 17.6 Å². The summed E-state index contributed by atoms with van der Waals surface area (Å²) in [5, 5.41) is 0. The van der Waals surface area contributed by atoms with E-state index in [9.17, 15) is 8.42 Å². The molecule has 112 valence electrons. The van der Waals surface area contributed by atoms with Gasteiger partial charge < -0.3 is 10.5 Å². The van der Waals surface area contributed by atoms with Gasteiger partial charge in [-0.3, -0.25) is 4.72 Å². The van der Waals surface area contributed by atoms with E-state index in [1.165, 1.54) is 13.2 Å². The lowest BCUT2D eigenvalue weighted by molar-refractivity contribution is 0.412. The number of nitrogens with one attached hydrogen (secondary N) is 1. The van der Waals surface area contributed by atoms with Crippen molar-refractivity contribution >= 4 is 37.3 Å². The summed E-state index contributed by atoms with van der Waals surface area (Å²) in [6.07, 6.45) is 0. The van der Waals surface area contributed by atoms with E-state index in [1.54, 1.807) is 37.3 Å². The summed E-state index contributed by atoms with van der Waals surface area (Å²) in [5.41, 5.74) is 7.10. The first kappa shape index (κ1) is 15.7. The molecule has 0 aliphatic heterocycles. The van der Waals surface area contributed by atoms with Gasteiger partial charge in [0.2, 0.25) is 0 Å². The van der Waals surface area contributed by atoms with Crippen LogP contribution in [-0.2, 0) is 10.0 Å². The van der Waals surface area contributed by atoms with Crippen LogP contribution < -0.4 is 15.2 Å². The third-order valence-corrected chi connectivity index (χ3v) is 5.08. The standard InChI is InChI=1S/C14H15BrN2O3S/c1-9-3-4-10(16)7-14(9)21(18,19)17-11-5-6-12(15)13(8-11)20-2/h3-8,17H,16H2,1-2H3. The summed E-state index contributed by atoms with van der Waals surface area (Å²) in [6.45, 7) is 1.72. The Labute approximate surface area is 132 Å². The zero-order chi connectivity index (χ0) is 15.6. The largest absolute Gasteiger partial charge is 0.495 e. The smallest absolute Gasteiger partial charge is 0.262 e. The van der Waals surface area contributed by atoms with E-state index >= 15 is 0 Å². The number of nitrogen functional groups attached to an aromatic ring is 1. The van der Waals surface area contributed by atoms with Gasteiger partial charge >= 0.3 is 0 Å². The third kappa shape index (κ3) is 3.48. The molecule has 0 saturated heterocycles. The molecule has 0 saturated carbocycles. The number of benzene rings is 2. The maximum Gasteiger partial charge on any atom is 0.262 e. The highest BCUT2D eigenvalue weighted by Crippen LogP contribution is 2.29. The minimum absolute atomic E-state index is 0.157.